The van der Waals surface area contributed by atoms with Crippen molar-refractivity contribution in [2.45, 2.75) is 30.4 Å². The number of piperazine rings is 1. The highest BCUT2D eigenvalue weighted by molar-refractivity contribution is 7.89. The lowest BCUT2D eigenvalue weighted by Gasteiger charge is -2.34. The van der Waals surface area contributed by atoms with E-state index in [0.29, 0.717) is 25.3 Å². The molecule has 2 saturated heterocycles. The van der Waals surface area contributed by atoms with Crippen LogP contribution < -0.4 is 14.2 Å². The van der Waals surface area contributed by atoms with Crippen molar-refractivity contribution in [3.63, 3.8) is 0 Å². The van der Waals surface area contributed by atoms with Crippen LogP contribution in [-0.4, -0.2) is 76.4 Å². The van der Waals surface area contributed by atoms with Crippen molar-refractivity contribution in [3.05, 3.63) is 53.6 Å². The smallest absolute Gasteiger partial charge is 0.253 e. The molecule has 2 aromatic rings. The molecule has 34 heavy (non-hydrogen) atoms. The Morgan fingerprint density at radius 1 is 1.03 bits per heavy atom. The van der Waals surface area contributed by atoms with E-state index in [9.17, 15) is 13.2 Å². The standard InChI is InChI=1S/C24H29N3O6S/c28-24(19-3-1-5-21(14-19)34(29,30)25-15-20-4-2-12-31-20)27-10-8-26(9-11-27)16-18-6-7-22-23(13-18)33-17-32-22/h1,3,5-7,13-14,20,25H,2,4,8-12,15-17H2/t20-/m1/s1. The predicted molar refractivity (Wildman–Crippen MR) is 124 cm³/mol. The van der Waals surface area contributed by atoms with E-state index in [0.717, 1.165) is 49.5 Å². The van der Waals surface area contributed by atoms with Crippen LogP contribution in [0.25, 0.3) is 0 Å². The number of carbonyl (C=O) groups excluding carboxylic acids is 1. The van der Waals surface area contributed by atoms with Gasteiger partial charge >= 0.3 is 0 Å². The van der Waals surface area contributed by atoms with Gasteiger partial charge in [-0.3, -0.25) is 9.69 Å². The normalized spacial score (nSPS) is 20.6. The summed E-state index contributed by atoms with van der Waals surface area (Å²) < 4.78 is 44.3. The van der Waals surface area contributed by atoms with Gasteiger partial charge in [-0.25, -0.2) is 13.1 Å². The molecule has 0 radical (unpaired) electrons. The summed E-state index contributed by atoms with van der Waals surface area (Å²) in [4.78, 5) is 17.2. The van der Waals surface area contributed by atoms with Gasteiger partial charge in [-0.1, -0.05) is 12.1 Å². The van der Waals surface area contributed by atoms with Crippen LogP contribution in [0, 0.1) is 0 Å². The van der Waals surface area contributed by atoms with E-state index in [4.69, 9.17) is 14.2 Å². The van der Waals surface area contributed by atoms with Crippen molar-refractivity contribution in [3.8, 4) is 11.5 Å². The first kappa shape index (κ1) is 23.1. The molecule has 1 N–H and O–H groups in total. The predicted octanol–water partition coefficient (Wildman–Crippen LogP) is 1.83. The Kier molecular flexibility index (Phi) is 6.73. The molecule has 0 saturated carbocycles. The summed E-state index contributed by atoms with van der Waals surface area (Å²) >= 11 is 0. The van der Waals surface area contributed by atoms with Crippen molar-refractivity contribution in [1.82, 2.24) is 14.5 Å². The number of fused-ring (bicyclic) bond motifs is 1. The summed E-state index contributed by atoms with van der Waals surface area (Å²) in [6.45, 7) is 4.57. The Bertz CT molecular complexity index is 1140. The van der Waals surface area contributed by atoms with Gasteiger partial charge in [0.25, 0.3) is 5.91 Å². The Balaban J connectivity index is 1.17. The molecule has 0 aromatic heterocycles. The number of nitrogens with zero attached hydrogens (tertiary/aromatic N) is 2. The topological polar surface area (TPSA) is 97.4 Å². The minimum absolute atomic E-state index is 0.0893. The number of hydrogen-bond acceptors (Lipinski definition) is 7. The quantitative estimate of drug-likeness (QED) is 0.636. The second-order valence-electron chi connectivity index (χ2n) is 8.77. The third-order valence-corrected chi connectivity index (χ3v) is 7.84. The number of hydrogen-bond donors (Lipinski definition) is 1. The molecule has 0 spiro atoms. The third kappa shape index (κ3) is 5.20. The van der Waals surface area contributed by atoms with Crippen LogP contribution in [0.3, 0.4) is 0 Å². The lowest BCUT2D eigenvalue weighted by atomic mass is 10.1. The van der Waals surface area contributed by atoms with E-state index in [2.05, 4.69) is 9.62 Å². The van der Waals surface area contributed by atoms with Crippen molar-refractivity contribution in [2.75, 3.05) is 46.1 Å². The molecule has 3 aliphatic rings. The zero-order valence-corrected chi connectivity index (χ0v) is 19.8. The lowest BCUT2D eigenvalue weighted by Crippen LogP contribution is -2.48. The Morgan fingerprint density at radius 2 is 1.85 bits per heavy atom. The van der Waals surface area contributed by atoms with Crippen molar-refractivity contribution in [2.24, 2.45) is 0 Å². The van der Waals surface area contributed by atoms with Crippen LogP contribution in [0.2, 0.25) is 0 Å². The van der Waals surface area contributed by atoms with Crippen LogP contribution in [0.5, 0.6) is 11.5 Å². The van der Waals surface area contributed by atoms with E-state index in [1.54, 1.807) is 17.0 Å². The summed E-state index contributed by atoms with van der Waals surface area (Å²) in [5, 5.41) is 0. The Morgan fingerprint density at radius 3 is 2.65 bits per heavy atom. The lowest BCUT2D eigenvalue weighted by molar-refractivity contribution is 0.0628. The molecule has 5 rings (SSSR count). The van der Waals surface area contributed by atoms with Crippen LogP contribution in [0.15, 0.2) is 47.4 Å². The van der Waals surface area contributed by atoms with Crippen LogP contribution in [0.1, 0.15) is 28.8 Å². The molecule has 3 aliphatic heterocycles. The van der Waals surface area contributed by atoms with E-state index in [-0.39, 0.29) is 30.2 Å². The van der Waals surface area contributed by atoms with Gasteiger partial charge in [-0.05, 0) is 48.7 Å². The number of amides is 1. The summed E-state index contributed by atoms with van der Waals surface area (Å²) in [6, 6.07) is 12.2. The summed E-state index contributed by atoms with van der Waals surface area (Å²) in [6.07, 6.45) is 1.70. The van der Waals surface area contributed by atoms with E-state index >= 15 is 0 Å². The van der Waals surface area contributed by atoms with Gasteiger partial charge in [-0.2, -0.15) is 0 Å². The fourth-order valence-electron chi connectivity index (χ4n) is 4.48. The third-order valence-electron chi connectivity index (χ3n) is 6.42. The second-order valence-corrected chi connectivity index (χ2v) is 10.5. The molecule has 2 fully saturated rings. The fourth-order valence-corrected chi connectivity index (χ4v) is 5.59. The van der Waals surface area contributed by atoms with Gasteiger partial charge in [0.05, 0.1) is 11.0 Å². The highest BCUT2D eigenvalue weighted by Crippen LogP contribution is 2.32. The van der Waals surface area contributed by atoms with Gasteiger partial charge in [0.15, 0.2) is 11.5 Å². The maximum absolute atomic E-state index is 13.1. The molecule has 3 heterocycles. The SMILES string of the molecule is O=C(c1cccc(S(=O)(=O)NC[C@H]2CCCO2)c1)N1CCN(Cc2ccc3c(c2)OCO3)CC1. The molecule has 0 unspecified atom stereocenters. The zero-order chi connectivity index (χ0) is 23.5. The molecular weight excluding hydrogens is 458 g/mol. The Labute approximate surface area is 199 Å². The largest absolute Gasteiger partial charge is 0.454 e. The highest BCUT2D eigenvalue weighted by atomic mass is 32.2. The van der Waals surface area contributed by atoms with Gasteiger partial charge in [0.1, 0.15) is 0 Å². The number of carbonyl (C=O) groups is 1. The number of ether oxygens (including phenoxy) is 3. The average molecular weight is 488 g/mol. The first-order chi connectivity index (χ1) is 16.5. The molecule has 2 aromatic carbocycles. The molecule has 182 valence electrons. The maximum Gasteiger partial charge on any atom is 0.253 e. The van der Waals surface area contributed by atoms with Crippen LogP contribution >= 0.6 is 0 Å². The zero-order valence-electron chi connectivity index (χ0n) is 18.9. The van der Waals surface area contributed by atoms with Gasteiger partial charge in [-0.15, -0.1) is 0 Å². The van der Waals surface area contributed by atoms with Crippen molar-refractivity contribution in [1.29, 1.82) is 0 Å². The number of benzene rings is 2. The highest BCUT2D eigenvalue weighted by Gasteiger charge is 2.25. The van der Waals surface area contributed by atoms with E-state index in [1.807, 2.05) is 18.2 Å². The minimum atomic E-state index is -3.71. The fraction of sp³-hybridized carbons (Fsp3) is 0.458. The monoisotopic (exact) mass is 487 g/mol. The van der Waals surface area contributed by atoms with Gasteiger partial charge < -0.3 is 19.1 Å². The number of nitrogens with one attached hydrogen (secondary N) is 1. The summed E-state index contributed by atoms with van der Waals surface area (Å²) in [5.74, 6) is 1.38. The summed E-state index contributed by atoms with van der Waals surface area (Å²) in [5.41, 5.74) is 1.52. The molecule has 0 bridgehead atoms. The number of sulfonamides is 1. The van der Waals surface area contributed by atoms with Crippen LogP contribution in [0.4, 0.5) is 0 Å². The van der Waals surface area contributed by atoms with Gasteiger partial charge in [0, 0.05) is 51.4 Å². The Hall–Kier alpha value is -2.66. The van der Waals surface area contributed by atoms with Crippen LogP contribution in [-0.2, 0) is 21.3 Å². The molecular formula is C24H29N3O6S. The molecule has 9 nitrogen and oxygen atoms in total. The van der Waals surface area contributed by atoms with E-state index in [1.165, 1.54) is 12.1 Å². The van der Waals surface area contributed by atoms with Gasteiger partial charge in [0.2, 0.25) is 16.8 Å². The average Bonchev–Trinajstić information content (AvgIpc) is 3.55. The maximum atomic E-state index is 13.1. The van der Waals surface area contributed by atoms with Crippen molar-refractivity contribution < 1.29 is 27.4 Å². The summed E-state index contributed by atoms with van der Waals surface area (Å²) in [7, 11) is -3.71. The minimum Gasteiger partial charge on any atom is -0.454 e. The first-order valence-corrected chi connectivity index (χ1v) is 13.1. The van der Waals surface area contributed by atoms with Crippen molar-refractivity contribution >= 4 is 15.9 Å². The van der Waals surface area contributed by atoms with E-state index < -0.39 is 10.0 Å². The molecule has 1 atom stereocenters. The molecule has 10 heteroatoms. The molecule has 1 amide bonds. The molecule has 0 aliphatic carbocycles. The second kappa shape index (κ2) is 9.91. The number of rotatable bonds is 7. The first-order valence-electron chi connectivity index (χ1n) is 11.6.